The molecule has 3 rings (SSSR count). The van der Waals surface area contributed by atoms with Gasteiger partial charge in [0, 0.05) is 12.5 Å². The van der Waals surface area contributed by atoms with Gasteiger partial charge in [0.15, 0.2) is 0 Å². The molecule has 1 heterocycles. The fourth-order valence-corrected chi connectivity index (χ4v) is 3.86. The first kappa shape index (κ1) is 13.1. The largest absolute Gasteiger partial charge is 0.385 e. The molecule has 0 amide bonds. The lowest BCUT2D eigenvalue weighted by Crippen LogP contribution is -2.41. The second kappa shape index (κ2) is 5.64. The van der Waals surface area contributed by atoms with Crippen molar-refractivity contribution in [1.29, 1.82) is 0 Å². The third-order valence-electron chi connectivity index (χ3n) is 4.99. The molecule has 2 fully saturated rings. The molecule has 104 valence electrons. The zero-order valence-electron chi connectivity index (χ0n) is 11.7. The molecule has 2 atom stereocenters. The van der Waals surface area contributed by atoms with Crippen LogP contribution in [0.25, 0.3) is 0 Å². The highest BCUT2D eigenvalue weighted by Gasteiger charge is 2.42. The fourth-order valence-electron chi connectivity index (χ4n) is 3.86. The monoisotopic (exact) mass is 259 g/mol. The number of piperidine rings is 1. The summed E-state index contributed by atoms with van der Waals surface area (Å²) in [5.41, 5.74) is 0.535. The summed E-state index contributed by atoms with van der Waals surface area (Å²) in [6.07, 6.45) is 7.29. The Kier molecular flexibility index (Phi) is 3.90. The molecule has 2 aliphatic rings. The maximum atomic E-state index is 11.1. The van der Waals surface area contributed by atoms with Gasteiger partial charge < -0.3 is 10.0 Å². The van der Waals surface area contributed by atoms with Gasteiger partial charge in [-0.05, 0) is 50.8 Å². The van der Waals surface area contributed by atoms with Crippen LogP contribution in [0.5, 0.6) is 0 Å². The van der Waals surface area contributed by atoms with E-state index in [1.165, 1.54) is 38.8 Å². The van der Waals surface area contributed by atoms with E-state index in [0.717, 1.165) is 24.9 Å². The van der Waals surface area contributed by atoms with E-state index in [2.05, 4.69) is 17.0 Å². The van der Waals surface area contributed by atoms with Crippen molar-refractivity contribution in [1.82, 2.24) is 4.90 Å². The second-order valence-corrected chi connectivity index (χ2v) is 6.24. The smallest absolute Gasteiger partial charge is 0.0936 e. The molecule has 0 radical (unpaired) electrons. The third kappa shape index (κ3) is 2.70. The van der Waals surface area contributed by atoms with E-state index in [1.807, 2.05) is 18.2 Å². The highest BCUT2D eigenvalue weighted by Crippen LogP contribution is 2.44. The van der Waals surface area contributed by atoms with Gasteiger partial charge in [0.1, 0.15) is 0 Å². The summed E-state index contributed by atoms with van der Waals surface area (Å²) in [5, 5.41) is 11.1. The summed E-state index contributed by atoms with van der Waals surface area (Å²) >= 11 is 0. The Morgan fingerprint density at radius 3 is 2.53 bits per heavy atom. The van der Waals surface area contributed by atoms with Crippen LogP contribution in [0.15, 0.2) is 30.3 Å². The number of benzene rings is 1. The number of hydrogen-bond acceptors (Lipinski definition) is 2. The summed E-state index contributed by atoms with van der Waals surface area (Å²) in [5.74, 6) is 0.410. The number of nitrogens with zero attached hydrogens (tertiary/aromatic N) is 1. The molecule has 2 nitrogen and oxygen atoms in total. The van der Waals surface area contributed by atoms with Crippen LogP contribution >= 0.6 is 0 Å². The molecule has 1 aromatic rings. The van der Waals surface area contributed by atoms with Gasteiger partial charge >= 0.3 is 0 Å². The zero-order valence-corrected chi connectivity index (χ0v) is 11.7. The lowest BCUT2D eigenvalue weighted by atomic mass is 9.83. The van der Waals surface area contributed by atoms with Crippen LogP contribution in [-0.2, 0) is 5.60 Å². The van der Waals surface area contributed by atoms with Crippen LogP contribution in [0, 0.1) is 5.92 Å². The summed E-state index contributed by atoms with van der Waals surface area (Å²) in [6, 6.07) is 10.3. The molecule has 2 heteroatoms. The predicted octanol–water partition coefficient (Wildman–Crippen LogP) is 3.16. The summed E-state index contributed by atoms with van der Waals surface area (Å²) in [4.78, 5) is 2.56. The van der Waals surface area contributed by atoms with Crippen molar-refractivity contribution in [2.24, 2.45) is 5.92 Å². The van der Waals surface area contributed by atoms with Crippen LogP contribution in [0.4, 0.5) is 0 Å². The van der Waals surface area contributed by atoms with Crippen LogP contribution in [-0.4, -0.2) is 29.6 Å². The minimum atomic E-state index is -0.585. The molecule has 2 unspecified atom stereocenters. The molecule has 19 heavy (non-hydrogen) atoms. The first-order chi connectivity index (χ1) is 9.29. The van der Waals surface area contributed by atoms with Crippen LogP contribution in [0.1, 0.15) is 44.1 Å². The van der Waals surface area contributed by atoms with E-state index in [4.69, 9.17) is 0 Å². The Labute approximate surface area is 116 Å². The Bertz CT molecular complexity index is 399. The van der Waals surface area contributed by atoms with Crippen molar-refractivity contribution in [2.75, 3.05) is 19.6 Å². The summed E-state index contributed by atoms with van der Waals surface area (Å²) in [6.45, 7) is 3.52. The minimum absolute atomic E-state index is 0.410. The maximum Gasteiger partial charge on any atom is 0.0936 e. The molecule has 1 saturated heterocycles. The van der Waals surface area contributed by atoms with Crippen molar-refractivity contribution in [3.05, 3.63) is 35.9 Å². The second-order valence-electron chi connectivity index (χ2n) is 6.24. The Balaban J connectivity index is 1.73. The number of aliphatic hydroxyl groups is 1. The Morgan fingerprint density at radius 2 is 1.79 bits per heavy atom. The predicted molar refractivity (Wildman–Crippen MR) is 78.0 cm³/mol. The van der Waals surface area contributed by atoms with E-state index < -0.39 is 5.60 Å². The molecule has 1 aromatic carbocycles. The number of likely N-dealkylation sites (tertiary alicyclic amines) is 1. The van der Waals surface area contributed by atoms with Crippen molar-refractivity contribution in [3.8, 4) is 0 Å². The van der Waals surface area contributed by atoms with Crippen molar-refractivity contribution >= 4 is 0 Å². The van der Waals surface area contributed by atoms with E-state index in [-0.39, 0.29) is 0 Å². The lowest BCUT2D eigenvalue weighted by molar-refractivity contribution is -0.0177. The average molecular weight is 259 g/mol. The quantitative estimate of drug-likeness (QED) is 0.901. The van der Waals surface area contributed by atoms with Gasteiger partial charge in [0.05, 0.1) is 5.60 Å². The van der Waals surface area contributed by atoms with Gasteiger partial charge in [0.25, 0.3) is 0 Å². The lowest BCUT2D eigenvalue weighted by Gasteiger charge is -2.36. The molecule has 0 aromatic heterocycles. The first-order valence-electron chi connectivity index (χ1n) is 7.79. The van der Waals surface area contributed by atoms with E-state index in [1.54, 1.807) is 0 Å². The highest BCUT2D eigenvalue weighted by atomic mass is 16.3. The number of rotatable bonds is 3. The van der Waals surface area contributed by atoms with Gasteiger partial charge in [-0.15, -0.1) is 0 Å². The molecule has 0 spiro atoms. The fraction of sp³-hybridized carbons (Fsp3) is 0.647. The molecule has 1 saturated carbocycles. The average Bonchev–Trinajstić information content (AvgIpc) is 2.84. The third-order valence-corrected chi connectivity index (χ3v) is 4.99. The molecular weight excluding hydrogens is 234 g/mol. The molecule has 0 bridgehead atoms. The topological polar surface area (TPSA) is 23.5 Å². The van der Waals surface area contributed by atoms with E-state index >= 15 is 0 Å². The van der Waals surface area contributed by atoms with Gasteiger partial charge in [-0.2, -0.15) is 0 Å². The van der Waals surface area contributed by atoms with E-state index in [9.17, 15) is 5.11 Å². The van der Waals surface area contributed by atoms with Gasteiger partial charge in [-0.1, -0.05) is 36.8 Å². The molecule has 1 N–H and O–H groups in total. The summed E-state index contributed by atoms with van der Waals surface area (Å²) < 4.78 is 0. The normalized spacial score (nSPS) is 32.6. The van der Waals surface area contributed by atoms with Crippen LogP contribution in [0.2, 0.25) is 0 Å². The first-order valence-corrected chi connectivity index (χ1v) is 7.79. The number of hydrogen-bond donors (Lipinski definition) is 1. The molecule has 1 aliphatic carbocycles. The standard InChI is InChI=1S/C17H25NO/c19-17(15-8-3-1-4-9-15)11-7-10-16(17)14-18-12-5-2-6-13-18/h1,3-4,8-9,16,19H,2,5-7,10-14H2. The van der Waals surface area contributed by atoms with Crippen molar-refractivity contribution in [3.63, 3.8) is 0 Å². The van der Waals surface area contributed by atoms with Gasteiger partial charge in [0.2, 0.25) is 0 Å². The van der Waals surface area contributed by atoms with E-state index in [0.29, 0.717) is 5.92 Å². The molecular formula is C17H25NO. The highest BCUT2D eigenvalue weighted by molar-refractivity contribution is 5.24. The molecule has 1 aliphatic heterocycles. The van der Waals surface area contributed by atoms with Crippen molar-refractivity contribution in [2.45, 2.75) is 44.1 Å². The van der Waals surface area contributed by atoms with Gasteiger partial charge in [-0.25, -0.2) is 0 Å². The van der Waals surface area contributed by atoms with Crippen LogP contribution < -0.4 is 0 Å². The minimum Gasteiger partial charge on any atom is -0.385 e. The summed E-state index contributed by atoms with van der Waals surface area (Å²) in [7, 11) is 0. The maximum absolute atomic E-state index is 11.1. The van der Waals surface area contributed by atoms with Crippen LogP contribution in [0.3, 0.4) is 0 Å². The SMILES string of the molecule is OC1(c2ccccc2)CCCC1CN1CCCCC1. The Morgan fingerprint density at radius 1 is 1.05 bits per heavy atom. The van der Waals surface area contributed by atoms with Gasteiger partial charge in [-0.3, -0.25) is 0 Å². The zero-order chi connectivity index (χ0) is 13.1. The van der Waals surface area contributed by atoms with Crippen molar-refractivity contribution < 1.29 is 5.11 Å². The Hall–Kier alpha value is -0.860.